The Labute approximate surface area is 173 Å². The van der Waals surface area contributed by atoms with Gasteiger partial charge < -0.3 is 15.4 Å². The van der Waals surface area contributed by atoms with Gasteiger partial charge in [0.15, 0.2) is 6.61 Å². The van der Waals surface area contributed by atoms with Gasteiger partial charge in [0.1, 0.15) is 5.75 Å². The molecule has 3 amide bonds. The molecule has 0 aliphatic rings. The summed E-state index contributed by atoms with van der Waals surface area (Å²) in [5.74, 6) is -1.50. The molecule has 3 N–H and O–H groups in total. The zero-order valence-electron chi connectivity index (χ0n) is 16.0. The first-order valence-corrected chi connectivity index (χ1v) is 9.17. The lowest BCUT2D eigenvalue weighted by Crippen LogP contribution is -2.37. The summed E-state index contributed by atoms with van der Waals surface area (Å²) in [7, 11) is 0. The predicted molar refractivity (Wildman–Crippen MR) is 111 cm³/mol. The number of amides is 3. The second-order valence-electron chi connectivity index (χ2n) is 5.88. The van der Waals surface area contributed by atoms with Crippen LogP contribution < -0.4 is 20.8 Å². The Morgan fingerprint density at radius 1 is 1.14 bits per heavy atom. The van der Waals surface area contributed by atoms with Gasteiger partial charge in [-0.3, -0.25) is 14.4 Å². The van der Waals surface area contributed by atoms with E-state index in [1.807, 2.05) is 6.92 Å². The van der Waals surface area contributed by atoms with Crippen molar-refractivity contribution < 1.29 is 19.1 Å². The number of likely N-dealkylation sites (N-methyl/N-ethyl adjacent to an activating group) is 1. The monoisotopic (exact) mass is 416 g/mol. The third-order valence-corrected chi connectivity index (χ3v) is 4.10. The molecule has 9 heteroatoms. The van der Waals surface area contributed by atoms with Crippen LogP contribution in [0.1, 0.15) is 18.1 Å². The number of carbonyl (C=O) groups excluding carboxylic acids is 3. The summed E-state index contributed by atoms with van der Waals surface area (Å²) in [5, 5.41) is 9.39. The van der Waals surface area contributed by atoms with Gasteiger partial charge in [0.05, 0.1) is 6.21 Å². The van der Waals surface area contributed by atoms with Gasteiger partial charge in [-0.25, -0.2) is 5.43 Å². The van der Waals surface area contributed by atoms with E-state index in [4.69, 9.17) is 16.3 Å². The van der Waals surface area contributed by atoms with Crippen molar-refractivity contribution in [1.82, 2.24) is 10.7 Å². The molecule has 0 saturated carbocycles. The highest BCUT2D eigenvalue weighted by atomic mass is 35.5. The van der Waals surface area contributed by atoms with Crippen LogP contribution in [0.5, 0.6) is 5.75 Å². The Balaban J connectivity index is 1.88. The molecule has 0 bridgehead atoms. The fourth-order valence-corrected chi connectivity index (χ4v) is 2.39. The van der Waals surface area contributed by atoms with E-state index in [9.17, 15) is 14.4 Å². The highest BCUT2D eigenvalue weighted by Crippen LogP contribution is 2.22. The van der Waals surface area contributed by atoms with Crippen molar-refractivity contribution in [2.24, 2.45) is 5.10 Å². The highest BCUT2D eigenvalue weighted by molar-refractivity contribution is 6.35. The zero-order chi connectivity index (χ0) is 21.2. The van der Waals surface area contributed by atoms with Crippen molar-refractivity contribution in [2.45, 2.75) is 13.8 Å². The number of anilines is 1. The summed E-state index contributed by atoms with van der Waals surface area (Å²) in [4.78, 5) is 34.9. The van der Waals surface area contributed by atoms with Crippen molar-refractivity contribution in [3.05, 3.63) is 58.6 Å². The molecule has 0 aromatic heterocycles. The molecule has 0 aliphatic heterocycles. The lowest BCUT2D eigenvalue weighted by atomic mass is 10.2. The normalized spacial score (nSPS) is 10.4. The summed E-state index contributed by atoms with van der Waals surface area (Å²) >= 11 is 6.04. The number of carbonyl (C=O) groups is 3. The smallest absolute Gasteiger partial charge is 0.329 e. The molecule has 0 unspecified atom stereocenters. The minimum absolute atomic E-state index is 0.194. The first kappa shape index (κ1) is 21.9. The Bertz CT molecular complexity index is 930. The number of halogens is 1. The van der Waals surface area contributed by atoms with Crippen molar-refractivity contribution >= 4 is 41.2 Å². The molecule has 0 aliphatic carbocycles. The molecule has 152 valence electrons. The van der Waals surface area contributed by atoms with Gasteiger partial charge >= 0.3 is 11.8 Å². The SMILES string of the molecule is CCNC(=O)C(=O)N/N=C\c1cccc(OCC(=O)Nc2cccc(Cl)c2C)c1. The van der Waals surface area contributed by atoms with Crippen LogP contribution in [0.15, 0.2) is 47.6 Å². The Kier molecular flexibility index (Phi) is 8.17. The average Bonchev–Trinajstić information content (AvgIpc) is 2.70. The second-order valence-corrected chi connectivity index (χ2v) is 6.29. The molecule has 8 nitrogen and oxygen atoms in total. The highest BCUT2D eigenvalue weighted by Gasteiger charge is 2.10. The van der Waals surface area contributed by atoms with Crippen molar-refractivity contribution in [2.75, 3.05) is 18.5 Å². The number of hydrogen-bond acceptors (Lipinski definition) is 5. The molecule has 0 heterocycles. The van der Waals surface area contributed by atoms with Crippen molar-refractivity contribution in [3.63, 3.8) is 0 Å². The summed E-state index contributed by atoms with van der Waals surface area (Å²) < 4.78 is 5.49. The van der Waals surface area contributed by atoms with E-state index < -0.39 is 11.8 Å². The average molecular weight is 417 g/mol. The molecule has 0 spiro atoms. The van der Waals surface area contributed by atoms with Gasteiger partial charge in [-0.15, -0.1) is 0 Å². The number of nitrogens with zero attached hydrogens (tertiary/aromatic N) is 1. The van der Waals surface area contributed by atoms with E-state index in [0.717, 1.165) is 5.56 Å². The van der Waals surface area contributed by atoms with Crippen LogP contribution in [0.25, 0.3) is 0 Å². The van der Waals surface area contributed by atoms with E-state index in [1.165, 1.54) is 6.21 Å². The number of hydrazone groups is 1. The van der Waals surface area contributed by atoms with Gasteiger partial charge in [0.25, 0.3) is 5.91 Å². The summed E-state index contributed by atoms with van der Waals surface area (Å²) in [5.41, 5.74) is 4.13. The van der Waals surface area contributed by atoms with E-state index >= 15 is 0 Å². The third-order valence-electron chi connectivity index (χ3n) is 3.69. The first-order chi connectivity index (χ1) is 13.9. The van der Waals surface area contributed by atoms with Crippen LogP contribution in [0.2, 0.25) is 5.02 Å². The van der Waals surface area contributed by atoms with Gasteiger partial charge in [-0.05, 0) is 49.2 Å². The maximum atomic E-state index is 12.1. The molecule has 2 aromatic carbocycles. The molecule has 2 rings (SSSR count). The molecular weight excluding hydrogens is 396 g/mol. The van der Waals surface area contributed by atoms with E-state index in [-0.39, 0.29) is 12.5 Å². The Morgan fingerprint density at radius 3 is 2.66 bits per heavy atom. The molecule has 29 heavy (non-hydrogen) atoms. The maximum absolute atomic E-state index is 12.1. The standard InChI is InChI=1S/C20H21ClN4O4/c1-3-22-19(27)20(28)25-23-11-14-6-4-7-15(10-14)29-12-18(26)24-17-9-5-8-16(21)13(17)2/h4-11H,3,12H2,1-2H3,(H,22,27)(H,24,26)(H,25,28)/b23-11-. The fourth-order valence-electron chi connectivity index (χ4n) is 2.22. The lowest BCUT2D eigenvalue weighted by molar-refractivity contribution is -0.139. The second kappa shape index (κ2) is 10.8. The van der Waals surface area contributed by atoms with Crippen LogP contribution >= 0.6 is 11.6 Å². The van der Waals surface area contributed by atoms with Crippen LogP contribution in [0, 0.1) is 6.92 Å². The molecule has 0 radical (unpaired) electrons. The Hall–Kier alpha value is -3.39. The first-order valence-electron chi connectivity index (χ1n) is 8.79. The number of hydrogen-bond donors (Lipinski definition) is 3. The largest absolute Gasteiger partial charge is 0.484 e. The van der Waals surface area contributed by atoms with Gasteiger partial charge in [0.2, 0.25) is 0 Å². The fraction of sp³-hybridized carbons (Fsp3) is 0.200. The summed E-state index contributed by atoms with van der Waals surface area (Å²) in [6.07, 6.45) is 1.36. The predicted octanol–water partition coefficient (Wildman–Crippen LogP) is 2.25. The third kappa shape index (κ3) is 6.93. The van der Waals surface area contributed by atoms with E-state index in [0.29, 0.717) is 28.6 Å². The molecule has 0 fully saturated rings. The van der Waals surface area contributed by atoms with Crippen molar-refractivity contribution in [3.8, 4) is 5.75 Å². The lowest BCUT2D eigenvalue weighted by Gasteiger charge is -2.10. The number of benzene rings is 2. The Morgan fingerprint density at radius 2 is 1.90 bits per heavy atom. The quantitative estimate of drug-likeness (QED) is 0.365. The van der Waals surface area contributed by atoms with Crippen LogP contribution in [-0.2, 0) is 14.4 Å². The minimum atomic E-state index is -0.858. The van der Waals surface area contributed by atoms with Crippen LogP contribution in [-0.4, -0.2) is 37.1 Å². The number of nitrogens with one attached hydrogen (secondary N) is 3. The summed E-state index contributed by atoms with van der Waals surface area (Å²) in [6, 6.07) is 12.0. The minimum Gasteiger partial charge on any atom is -0.484 e. The van der Waals surface area contributed by atoms with Crippen molar-refractivity contribution in [1.29, 1.82) is 0 Å². The van der Waals surface area contributed by atoms with Gasteiger partial charge in [-0.1, -0.05) is 29.8 Å². The summed E-state index contributed by atoms with van der Waals surface area (Å²) in [6.45, 7) is 3.67. The molecule has 2 aromatic rings. The van der Waals surface area contributed by atoms with Crippen LogP contribution in [0.4, 0.5) is 5.69 Å². The van der Waals surface area contributed by atoms with E-state index in [1.54, 1.807) is 49.4 Å². The van der Waals surface area contributed by atoms with E-state index in [2.05, 4.69) is 21.2 Å². The zero-order valence-corrected chi connectivity index (χ0v) is 16.7. The molecular formula is C20H21ClN4O4. The maximum Gasteiger partial charge on any atom is 0.329 e. The van der Waals surface area contributed by atoms with Crippen LogP contribution in [0.3, 0.4) is 0 Å². The van der Waals surface area contributed by atoms with Gasteiger partial charge in [-0.2, -0.15) is 5.10 Å². The molecule has 0 saturated heterocycles. The van der Waals surface area contributed by atoms with Gasteiger partial charge in [0, 0.05) is 17.3 Å². The molecule has 0 atom stereocenters. The topological polar surface area (TPSA) is 109 Å². The number of ether oxygens (including phenoxy) is 1. The number of rotatable bonds is 7.